The van der Waals surface area contributed by atoms with Crippen LogP contribution in [0.3, 0.4) is 0 Å². The van der Waals surface area contributed by atoms with Crippen LogP contribution in [0.15, 0.2) is 24.5 Å². The van der Waals surface area contributed by atoms with E-state index < -0.39 is 0 Å². The fourth-order valence-corrected chi connectivity index (χ4v) is 2.35. The molecule has 0 bridgehead atoms. The molecule has 2 N–H and O–H groups in total. The minimum absolute atomic E-state index is 0.297. The van der Waals surface area contributed by atoms with Crippen LogP contribution in [-0.4, -0.2) is 17.1 Å². The maximum Gasteiger partial charge on any atom is 0.216 e. The van der Waals surface area contributed by atoms with Crippen molar-refractivity contribution < 1.29 is 4.74 Å². The van der Waals surface area contributed by atoms with Crippen LogP contribution in [0.5, 0.6) is 5.88 Å². The second-order valence-corrected chi connectivity index (χ2v) is 4.85. The molecule has 2 rings (SSSR count). The van der Waals surface area contributed by atoms with Crippen molar-refractivity contribution in [3.8, 4) is 5.88 Å². The Morgan fingerprint density at radius 3 is 2.88 bits per heavy atom. The molecule has 0 aliphatic rings. The van der Waals surface area contributed by atoms with Crippen molar-refractivity contribution in [2.45, 2.75) is 6.04 Å². The highest BCUT2D eigenvalue weighted by atomic mass is 35.5. The number of hydrogen-bond acceptors (Lipinski definition) is 5. The lowest BCUT2D eigenvalue weighted by molar-refractivity contribution is 0.395. The molecule has 6 heteroatoms. The third-order valence-electron chi connectivity index (χ3n) is 2.09. The van der Waals surface area contributed by atoms with Gasteiger partial charge < -0.3 is 10.5 Å². The summed E-state index contributed by atoms with van der Waals surface area (Å²) in [4.78, 5) is 9.01. The molecule has 0 saturated heterocycles. The minimum Gasteiger partial charge on any atom is -0.481 e. The molecule has 0 aliphatic heterocycles. The van der Waals surface area contributed by atoms with Crippen LogP contribution in [0, 0.1) is 0 Å². The van der Waals surface area contributed by atoms with Gasteiger partial charge in [-0.3, -0.25) is 0 Å². The summed E-state index contributed by atoms with van der Waals surface area (Å²) in [6.45, 7) is 0. The summed E-state index contributed by atoms with van der Waals surface area (Å²) in [6.07, 6.45) is 1.43. The zero-order chi connectivity index (χ0) is 11.5. The van der Waals surface area contributed by atoms with E-state index in [-0.39, 0.29) is 6.04 Å². The van der Waals surface area contributed by atoms with E-state index in [1.807, 2.05) is 12.1 Å². The lowest BCUT2D eigenvalue weighted by atomic mass is 10.2. The highest BCUT2D eigenvalue weighted by molar-refractivity contribution is 7.16. The predicted molar refractivity (Wildman–Crippen MR) is 63.9 cm³/mol. The molecule has 2 aromatic heterocycles. The van der Waals surface area contributed by atoms with Gasteiger partial charge in [0.1, 0.15) is 6.33 Å². The fourth-order valence-electron chi connectivity index (χ4n) is 1.28. The zero-order valence-corrected chi connectivity index (χ0v) is 10.1. The Morgan fingerprint density at radius 1 is 1.44 bits per heavy atom. The molecule has 4 nitrogen and oxygen atoms in total. The van der Waals surface area contributed by atoms with Crippen molar-refractivity contribution in [1.82, 2.24) is 9.97 Å². The molecule has 0 aromatic carbocycles. The molecule has 16 heavy (non-hydrogen) atoms. The zero-order valence-electron chi connectivity index (χ0n) is 8.55. The molecule has 1 atom stereocenters. The number of thiophene rings is 1. The number of methoxy groups -OCH3 is 1. The summed E-state index contributed by atoms with van der Waals surface area (Å²) >= 11 is 7.30. The van der Waals surface area contributed by atoms with E-state index in [9.17, 15) is 0 Å². The topological polar surface area (TPSA) is 61.0 Å². The van der Waals surface area contributed by atoms with Gasteiger partial charge in [-0.05, 0) is 12.1 Å². The standard InChI is InChI=1S/C10H10ClN3OS/c1-15-9-4-6(13-5-14-9)10(12)7-2-3-8(11)16-7/h2-5,10H,12H2,1H3. The predicted octanol–water partition coefficient (Wildman–Crippen LogP) is 2.25. The average molecular weight is 256 g/mol. The minimum atomic E-state index is -0.297. The van der Waals surface area contributed by atoms with E-state index in [0.717, 1.165) is 4.88 Å². The van der Waals surface area contributed by atoms with E-state index in [2.05, 4.69) is 9.97 Å². The quantitative estimate of drug-likeness (QED) is 0.914. The lowest BCUT2D eigenvalue weighted by Crippen LogP contribution is -2.12. The molecule has 0 fully saturated rings. The highest BCUT2D eigenvalue weighted by Gasteiger charge is 2.13. The van der Waals surface area contributed by atoms with Gasteiger partial charge in [0, 0.05) is 10.9 Å². The van der Waals surface area contributed by atoms with E-state index >= 15 is 0 Å². The van der Waals surface area contributed by atoms with Crippen LogP contribution in [-0.2, 0) is 0 Å². The molecule has 0 radical (unpaired) electrons. The Bertz CT molecular complexity index is 488. The molecule has 0 saturated carbocycles. The molecule has 2 aromatic rings. The number of rotatable bonds is 3. The Balaban J connectivity index is 2.29. The van der Waals surface area contributed by atoms with Gasteiger partial charge >= 0.3 is 0 Å². The number of ether oxygens (including phenoxy) is 1. The molecule has 84 valence electrons. The number of nitrogens with zero attached hydrogens (tertiary/aromatic N) is 2. The van der Waals surface area contributed by atoms with Crippen LogP contribution in [0.2, 0.25) is 4.34 Å². The Morgan fingerprint density at radius 2 is 2.25 bits per heavy atom. The molecule has 0 aliphatic carbocycles. The van der Waals surface area contributed by atoms with Gasteiger partial charge in [-0.1, -0.05) is 11.6 Å². The number of hydrogen-bond donors (Lipinski definition) is 1. The molecular formula is C10H10ClN3OS. The molecular weight excluding hydrogens is 246 g/mol. The fraction of sp³-hybridized carbons (Fsp3) is 0.200. The van der Waals surface area contributed by atoms with E-state index in [0.29, 0.717) is 15.9 Å². The second kappa shape index (κ2) is 4.78. The first-order chi connectivity index (χ1) is 7.70. The molecule has 0 amide bonds. The van der Waals surface area contributed by atoms with E-state index in [4.69, 9.17) is 22.1 Å². The monoisotopic (exact) mass is 255 g/mol. The second-order valence-electron chi connectivity index (χ2n) is 3.10. The van der Waals surface area contributed by atoms with Gasteiger partial charge in [-0.15, -0.1) is 11.3 Å². The average Bonchev–Trinajstić information content (AvgIpc) is 2.75. The van der Waals surface area contributed by atoms with Crippen molar-refractivity contribution in [3.63, 3.8) is 0 Å². The van der Waals surface area contributed by atoms with Crippen LogP contribution >= 0.6 is 22.9 Å². The van der Waals surface area contributed by atoms with E-state index in [1.54, 1.807) is 13.2 Å². The molecule has 1 unspecified atom stereocenters. The van der Waals surface area contributed by atoms with Crippen LogP contribution < -0.4 is 10.5 Å². The maximum atomic E-state index is 6.06. The van der Waals surface area contributed by atoms with Gasteiger partial charge in [0.15, 0.2) is 0 Å². The Kier molecular flexibility index (Phi) is 3.38. The maximum absolute atomic E-state index is 6.06. The molecule has 0 spiro atoms. The van der Waals surface area contributed by atoms with Gasteiger partial charge in [-0.2, -0.15) is 0 Å². The normalized spacial score (nSPS) is 12.4. The van der Waals surface area contributed by atoms with Crippen LogP contribution in [0.25, 0.3) is 0 Å². The summed E-state index contributed by atoms with van der Waals surface area (Å²) in [7, 11) is 1.56. The summed E-state index contributed by atoms with van der Waals surface area (Å²) < 4.78 is 5.73. The SMILES string of the molecule is COc1cc(C(N)c2ccc(Cl)s2)ncn1. The van der Waals surface area contributed by atoms with Crippen molar-refractivity contribution in [2.75, 3.05) is 7.11 Å². The number of nitrogens with two attached hydrogens (primary N) is 1. The Hall–Kier alpha value is -1.17. The lowest BCUT2D eigenvalue weighted by Gasteiger charge is -2.09. The summed E-state index contributed by atoms with van der Waals surface area (Å²) in [5.74, 6) is 0.503. The van der Waals surface area contributed by atoms with E-state index in [1.165, 1.54) is 17.7 Å². The molecule has 2 heterocycles. The first-order valence-electron chi connectivity index (χ1n) is 4.57. The number of aromatic nitrogens is 2. The van der Waals surface area contributed by atoms with Gasteiger partial charge in [-0.25, -0.2) is 9.97 Å². The van der Waals surface area contributed by atoms with Gasteiger partial charge in [0.2, 0.25) is 5.88 Å². The summed E-state index contributed by atoms with van der Waals surface area (Å²) in [5.41, 5.74) is 6.77. The van der Waals surface area contributed by atoms with Crippen LogP contribution in [0.4, 0.5) is 0 Å². The van der Waals surface area contributed by atoms with Gasteiger partial charge in [0.05, 0.1) is 23.2 Å². The third-order valence-corrected chi connectivity index (χ3v) is 3.41. The summed E-state index contributed by atoms with van der Waals surface area (Å²) in [5, 5.41) is 0. The van der Waals surface area contributed by atoms with Crippen LogP contribution in [0.1, 0.15) is 16.6 Å². The van der Waals surface area contributed by atoms with Crippen molar-refractivity contribution >= 4 is 22.9 Å². The number of halogens is 1. The first-order valence-corrected chi connectivity index (χ1v) is 5.77. The van der Waals surface area contributed by atoms with Crippen molar-refractivity contribution in [3.05, 3.63) is 39.4 Å². The smallest absolute Gasteiger partial charge is 0.216 e. The van der Waals surface area contributed by atoms with Crippen molar-refractivity contribution in [1.29, 1.82) is 0 Å². The van der Waals surface area contributed by atoms with Gasteiger partial charge in [0.25, 0.3) is 0 Å². The largest absolute Gasteiger partial charge is 0.481 e. The highest BCUT2D eigenvalue weighted by Crippen LogP contribution is 2.29. The Labute approximate surface area is 102 Å². The van der Waals surface area contributed by atoms with Crippen molar-refractivity contribution in [2.24, 2.45) is 5.73 Å². The third kappa shape index (κ3) is 2.32. The summed E-state index contributed by atoms with van der Waals surface area (Å²) in [6, 6.07) is 5.14. The first kappa shape index (κ1) is 11.3.